The lowest BCUT2D eigenvalue weighted by molar-refractivity contribution is -0.115. The van der Waals surface area contributed by atoms with E-state index >= 15 is 0 Å². The van der Waals surface area contributed by atoms with E-state index in [2.05, 4.69) is 27.4 Å². The van der Waals surface area contributed by atoms with Gasteiger partial charge in [-0.1, -0.05) is 25.3 Å². The van der Waals surface area contributed by atoms with Crippen molar-refractivity contribution in [2.75, 3.05) is 0 Å². The molecule has 0 unspecified atom stereocenters. The van der Waals surface area contributed by atoms with E-state index in [1.165, 1.54) is 37.7 Å². The number of carbonyl (C=O) groups is 2. The number of oxazole rings is 1. The number of pyridine rings is 1. The van der Waals surface area contributed by atoms with E-state index in [9.17, 15) is 9.59 Å². The highest BCUT2D eigenvalue weighted by molar-refractivity contribution is 8.18. The third-order valence-corrected chi connectivity index (χ3v) is 6.52. The van der Waals surface area contributed by atoms with Gasteiger partial charge in [-0.2, -0.15) is 0 Å². The summed E-state index contributed by atoms with van der Waals surface area (Å²) in [6, 6.07) is 8.11. The molecule has 7 heteroatoms. The molecule has 0 spiro atoms. The summed E-state index contributed by atoms with van der Waals surface area (Å²) in [5.41, 5.74) is 5.68. The van der Waals surface area contributed by atoms with Crippen molar-refractivity contribution in [3.05, 3.63) is 52.4 Å². The first-order chi connectivity index (χ1) is 14.6. The minimum atomic E-state index is -0.361. The van der Waals surface area contributed by atoms with Crippen LogP contribution in [0.1, 0.15) is 55.0 Å². The van der Waals surface area contributed by atoms with Crippen molar-refractivity contribution in [3.63, 3.8) is 0 Å². The third-order valence-electron chi connectivity index (χ3n) is 5.71. The maximum absolute atomic E-state index is 11.8. The molecule has 1 aliphatic carbocycles. The summed E-state index contributed by atoms with van der Waals surface area (Å²) in [5, 5.41) is 1.92. The van der Waals surface area contributed by atoms with E-state index in [1.807, 2.05) is 19.1 Å². The van der Waals surface area contributed by atoms with Gasteiger partial charge in [-0.05, 0) is 65.9 Å². The number of aryl methyl sites for hydroxylation is 1. The van der Waals surface area contributed by atoms with Crippen molar-refractivity contribution < 1.29 is 14.0 Å². The number of fused-ring (bicyclic) bond motifs is 1. The van der Waals surface area contributed by atoms with Gasteiger partial charge in [0.15, 0.2) is 11.5 Å². The zero-order valence-corrected chi connectivity index (χ0v) is 17.4. The Labute approximate surface area is 178 Å². The topological polar surface area (TPSA) is 85.1 Å². The van der Waals surface area contributed by atoms with Crippen molar-refractivity contribution in [1.29, 1.82) is 0 Å². The Morgan fingerprint density at radius 3 is 2.70 bits per heavy atom. The Balaban J connectivity index is 1.54. The van der Waals surface area contributed by atoms with Crippen LogP contribution in [0.4, 0.5) is 4.79 Å². The Hall–Kier alpha value is -2.93. The largest absolute Gasteiger partial charge is 0.441 e. The fourth-order valence-corrected chi connectivity index (χ4v) is 4.98. The van der Waals surface area contributed by atoms with Crippen molar-refractivity contribution in [2.45, 2.75) is 44.9 Å². The number of hydrogen-bond donors (Lipinski definition) is 1. The average Bonchev–Trinajstić information content (AvgIpc) is 3.27. The van der Waals surface area contributed by atoms with Crippen molar-refractivity contribution in [1.82, 2.24) is 15.3 Å². The van der Waals surface area contributed by atoms with Crippen LogP contribution in [0.5, 0.6) is 0 Å². The third kappa shape index (κ3) is 3.65. The molecular formula is C23H21N3O3S. The summed E-state index contributed by atoms with van der Waals surface area (Å²) in [6.07, 6.45) is 9.57. The number of thioether (sulfide) groups is 1. The number of nitrogens with one attached hydrogen (secondary N) is 1. The van der Waals surface area contributed by atoms with Gasteiger partial charge >= 0.3 is 0 Å². The Morgan fingerprint density at radius 2 is 2.00 bits per heavy atom. The predicted octanol–water partition coefficient (Wildman–Crippen LogP) is 5.57. The second kappa shape index (κ2) is 7.72. The van der Waals surface area contributed by atoms with Gasteiger partial charge in [-0.15, -0.1) is 0 Å². The van der Waals surface area contributed by atoms with Crippen LogP contribution in [-0.2, 0) is 4.79 Å². The van der Waals surface area contributed by atoms with Crippen LogP contribution >= 0.6 is 11.8 Å². The van der Waals surface area contributed by atoms with Crippen molar-refractivity contribution in [2.24, 2.45) is 0 Å². The highest BCUT2D eigenvalue weighted by Gasteiger charge is 2.25. The van der Waals surface area contributed by atoms with Crippen LogP contribution in [0, 0.1) is 6.92 Å². The van der Waals surface area contributed by atoms with Gasteiger partial charge in [0.2, 0.25) is 0 Å². The second-order valence-electron chi connectivity index (χ2n) is 7.80. The van der Waals surface area contributed by atoms with Gasteiger partial charge in [0, 0.05) is 18.7 Å². The van der Waals surface area contributed by atoms with E-state index in [0.717, 1.165) is 39.7 Å². The highest BCUT2D eigenvalue weighted by atomic mass is 32.2. The molecule has 2 fully saturated rings. The zero-order chi connectivity index (χ0) is 20.7. The number of imide groups is 1. The van der Waals surface area contributed by atoms with Crippen LogP contribution in [-0.4, -0.2) is 21.1 Å². The second-order valence-corrected chi connectivity index (χ2v) is 8.82. The molecule has 0 atom stereocenters. The maximum Gasteiger partial charge on any atom is 0.290 e. The number of aromatic nitrogens is 2. The minimum absolute atomic E-state index is 0.343. The van der Waals surface area contributed by atoms with E-state index in [0.29, 0.717) is 16.7 Å². The monoisotopic (exact) mass is 419 g/mol. The van der Waals surface area contributed by atoms with E-state index < -0.39 is 0 Å². The predicted molar refractivity (Wildman–Crippen MR) is 117 cm³/mol. The average molecular weight is 420 g/mol. The smallest absolute Gasteiger partial charge is 0.290 e. The lowest BCUT2D eigenvalue weighted by Gasteiger charge is -2.24. The number of amides is 2. The Morgan fingerprint density at radius 1 is 1.17 bits per heavy atom. The normalized spacial score (nSPS) is 19.0. The molecule has 1 saturated carbocycles. The molecule has 30 heavy (non-hydrogen) atoms. The summed E-state index contributed by atoms with van der Waals surface area (Å²) < 4.78 is 5.80. The molecule has 6 nitrogen and oxygen atoms in total. The molecule has 1 aromatic carbocycles. The van der Waals surface area contributed by atoms with Crippen molar-refractivity contribution in [3.8, 4) is 11.3 Å². The Bertz CT molecular complexity index is 1170. The molecule has 3 heterocycles. The summed E-state index contributed by atoms with van der Waals surface area (Å²) in [6.45, 7) is 1.86. The number of rotatable bonds is 3. The fraction of sp³-hybridized carbons (Fsp3) is 0.304. The van der Waals surface area contributed by atoms with Gasteiger partial charge in [0.1, 0.15) is 5.52 Å². The van der Waals surface area contributed by atoms with Crippen molar-refractivity contribution >= 4 is 40.1 Å². The van der Waals surface area contributed by atoms with Gasteiger partial charge < -0.3 is 4.42 Å². The molecule has 3 aromatic rings. The number of benzene rings is 1. The zero-order valence-electron chi connectivity index (χ0n) is 16.6. The SMILES string of the molecule is Cc1nc2cc(-c3ccc(/C=C4/SC(=O)NC4=O)cn3)c(C3CCCCC3)cc2o1. The van der Waals surface area contributed by atoms with Crippen LogP contribution in [0.2, 0.25) is 0 Å². The molecule has 0 radical (unpaired) electrons. The summed E-state index contributed by atoms with van der Waals surface area (Å²) in [4.78, 5) is 32.7. The number of nitrogens with zero attached hydrogens (tertiary/aromatic N) is 2. The van der Waals surface area contributed by atoms with Crippen LogP contribution < -0.4 is 5.32 Å². The lowest BCUT2D eigenvalue weighted by Crippen LogP contribution is -2.17. The molecule has 152 valence electrons. The molecule has 2 aliphatic rings. The molecule has 1 aliphatic heterocycles. The summed E-state index contributed by atoms with van der Waals surface area (Å²) >= 11 is 0.909. The quantitative estimate of drug-likeness (QED) is 0.559. The molecule has 0 bridgehead atoms. The molecule has 1 N–H and O–H groups in total. The maximum atomic E-state index is 11.8. The number of hydrogen-bond acceptors (Lipinski definition) is 6. The van der Waals surface area contributed by atoms with E-state index in [4.69, 9.17) is 4.42 Å². The number of carbonyl (C=O) groups excluding carboxylic acids is 2. The highest BCUT2D eigenvalue weighted by Crippen LogP contribution is 2.40. The van der Waals surface area contributed by atoms with Crippen LogP contribution in [0.15, 0.2) is 39.8 Å². The van der Waals surface area contributed by atoms with Gasteiger partial charge in [0.25, 0.3) is 11.1 Å². The summed E-state index contributed by atoms with van der Waals surface area (Å²) in [5.74, 6) is 0.797. The molecule has 2 amide bonds. The first kappa shape index (κ1) is 19.1. The molecular weight excluding hydrogens is 398 g/mol. The first-order valence-electron chi connectivity index (χ1n) is 10.2. The standard InChI is InChI=1S/C23H21N3O3S/c1-13-25-19-10-17(16(11-20(19)29-13)15-5-3-2-4-6-15)18-8-7-14(12-24-18)9-21-22(27)26-23(28)30-21/h7-12,15H,2-6H2,1H3,(H,26,27,28)/b21-9+. The van der Waals surface area contributed by atoms with E-state index in [1.54, 1.807) is 12.3 Å². The van der Waals surface area contributed by atoms with Gasteiger partial charge in [0.05, 0.1) is 10.6 Å². The van der Waals surface area contributed by atoms with E-state index in [-0.39, 0.29) is 11.1 Å². The first-order valence-corrected chi connectivity index (χ1v) is 11.0. The fourth-order valence-electron chi connectivity index (χ4n) is 4.30. The molecule has 5 rings (SSSR count). The van der Waals surface area contributed by atoms with Crippen LogP contribution in [0.25, 0.3) is 28.4 Å². The molecule has 1 saturated heterocycles. The van der Waals surface area contributed by atoms with Gasteiger partial charge in [-0.3, -0.25) is 19.9 Å². The summed E-state index contributed by atoms with van der Waals surface area (Å²) in [7, 11) is 0. The lowest BCUT2D eigenvalue weighted by atomic mass is 9.81. The minimum Gasteiger partial charge on any atom is -0.441 e. The molecule has 2 aromatic heterocycles. The van der Waals surface area contributed by atoms with Crippen LogP contribution in [0.3, 0.4) is 0 Å². The van der Waals surface area contributed by atoms with Gasteiger partial charge in [-0.25, -0.2) is 4.98 Å². The Kier molecular flexibility index (Phi) is 4.90.